The molecule has 3 rings (SSSR count). The maximum absolute atomic E-state index is 11.4. The molecule has 1 aliphatic rings. The van der Waals surface area contributed by atoms with Crippen LogP contribution in [0.5, 0.6) is 0 Å². The second-order valence-corrected chi connectivity index (χ2v) is 5.07. The van der Waals surface area contributed by atoms with Crippen molar-refractivity contribution in [2.45, 2.75) is 32.9 Å². The summed E-state index contributed by atoms with van der Waals surface area (Å²) in [6, 6.07) is 7.17. The number of hydrogen-bond acceptors (Lipinski definition) is 5. The Bertz CT molecular complexity index is 741. The Balaban J connectivity index is 1.82. The number of aromatic nitrogens is 3. The van der Waals surface area contributed by atoms with Gasteiger partial charge in [0.05, 0.1) is 17.8 Å². The average molecular weight is 281 g/mol. The number of anilines is 1. The first-order valence-electron chi connectivity index (χ1n) is 6.89. The van der Waals surface area contributed by atoms with Crippen LogP contribution in [-0.2, 0) is 19.5 Å². The van der Waals surface area contributed by atoms with Crippen LogP contribution >= 0.6 is 0 Å². The van der Waals surface area contributed by atoms with Gasteiger partial charge in [0.1, 0.15) is 11.9 Å². The van der Waals surface area contributed by atoms with Crippen molar-refractivity contribution < 1.29 is 4.79 Å². The highest BCUT2D eigenvalue weighted by Crippen LogP contribution is 2.20. The molecule has 0 saturated heterocycles. The van der Waals surface area contributed by atoms with Crippen molar-refractivity contribution in [1.82, 2.24) is 14.8 Å². The number of nitrogens with zero attached hydrogens (tertiary/aromatic N) is 4. The maximum atomic E-state index is 11.4. The van der Waals surface area contributed by atoms with Gasteiger partial charge >= 0.3 is 0 Å². The van der Waals surface area contributed by atoms with Gasteiger partial charge in [-0.15, -0.1) is 10.2 Å². The van der Waals surface area contributed by atoms with E-state index in [4.69, 9.17) is 5.26 Å². The number of nitrogens with one attached hydrogen (secondary N) is 1. The van der Waals surface area contributed by atoms with E-state index in [2.05, 4.69) is 26.2 Å². The van der Waals surface area contributed by atoms with Gasteiger partial charge in [-0.3, -0.25) is 4.79 Å². The molecule has 0 aliphatic carbocycles. The lowest BCUT2D eigenvalue weighted by molar-refractivity contribution is 0.101. The lowest BCUT2D eigenvalue weighted by Gasteiger charge is -2.09. The normalized spacial score (nSPS) is 12.8. The molecule has 0 fully saturated rings. The van der Waals surface area contributed by atoms with Crippen LogP contribution in [0.15, 0.2) is 18.2 Å². The Morgan fingerprint density at radius 1 is 1.48 bits per heavy atom. The average Bonchev–Trinajstić information content (AvgIpc) is 3.08. The number of aryl methyl sites for hydroxylation is 1. The zero-order chi connectivity index (χ0) is 14.8. The van der Waals surface area contributed by atoms with Gasteiger partial charge in [-0.05, 0) is 31.5 Å². The van der Waals surface area contributed by atoms with Crippen molar-refractivity contribution in [2.24, 2.45) is 0 Å². The van der Waals surface area contributed by atoms with E-state index in [1.54, 1.807) is 18.2 Å². The molecule has 2 heterocycles. The molecule has 0 amide bonds. The van der Waals surface area contributed by atoms with Crippen LogP contribution < -0.4 is 5.32 Å². The van der Waals surface area contributed by atoms with Crippen molar-refractivity contribution in [2.75, 3.05) is 5.32 Å². The third-order valence-corrected chi connectivity index (χ3v) is 3.67. The molecule has 0 radical (unpaired) electrons. The minimum absolute atomic E-state index is 0.0223. The number of benzene rings is 1. The summed E-state index contributed by atoms with van der Waals surface area (Å²) in [5.41, 5.74) is 1.75. The molecule has 0 unspecified atom stereocenters. The molecular formula is C15H15N5O. The zero-order valence-corrected chi connectivity index (χ0v) is 11.8. The molecule has 0 saturated carbocycles. The second kappa shape index (κ2) is 5.37. The first-order chi connectivity index (χ1) is 10.2. The Morgan fingerprint density at radius 3 is 3.10 bits per heavy atom. The number of hydrogen-bond donors (Lipinski definition) is 1. The summed E-state index contributed by atoms with van der Waals surface area (Å²) in [4.78, 5) is 11.4. The van der Waals surface area contributed by atoms with Crippen LogP contribution in [-0.4, -0.2) is 20.5 Å². The first kappa shape index (κ1) is 13.3. The lowest BCUT2D eigenvalue weighted by Crippen LogP contribution is -2.09. The highest BCUT2D eigenvalue weighted by atomic mass is 16.1. The molecule has 1 aromatic heterocycles. The summed E-state index contributed by atoms with van der Waals surface area (Å²) in [5.74, 6) is 1.86. The second-order valence-electron chi connectivity index (χ2n) is 5.07. The van der Waals surface area contributed by atoms with Gasteiger partial charge in [0.2, 0.25) is 0 Å². The van der Waals surface area contributed by atoms with E-state index in [0.29, 0.717) is 23.4 Å². The van der Waals surface area contributed by atoms with Crippen LogP contribution in [0.2, 0.25) is 0 Å². The smallest absolute Gasteiger partial charge is 0.159 e. The predicted molar refractivity (Wildman–Crippen MR) is 76.8 cm³/mol. The van der Waals surface area contributed by atoms with Crippen LogP contribution in [0, 0.1) is 11.3 Å². The van der Waals surface area contributed by atoms with E-state index in [-0.39, 0.29) is 5.78 Å². The van der Waals surface area contributed by atoms with E-state index in [1.807, 2.05) is 0 Å². The highest BCUT2D eigenvalue weighted by Gasteiger charge is 2.17. The molecule has 1 aromatic carbocycles. The fraction of sp³-hybridized carbons (Fsp3) is 0.333. The minimum atomic E-state index is -0.0223. The fourth-order valence-corrected chi connectivity index (χ4v) is 2.52. The van der Waals surface area contributed by atoms with Crippen molar-refractivity contribution in [3.05, 3.63) is 41.0 Å². The largest absolute Gasteiger partial charge is 0.377 e. The Kier molecular flexibility index (Phi) is 3.40. The summed E-state index contributed by atoms with van der Waals surface area (Å²) in [7, 11) is 0. The monoisotopic (exact) mass is 281 g/mol. The highest BCUT2D eigenvalue weighted by molar-refractivity contribution is 5.95. The van der Waals surface area contributed by atoms with Gasteiger partial charge in [0.15, 0.2) is 11.6 Å². The third kappa shape index (κ3) is 2.50. The number of ketones is 1. The molecule has 21 heavy (non-hydrogen) atoms. The molecule has 0 spiro atoms. The Morgan fingerprint density at radius 2 is 2.33 bits per heavy atom. The van der Waals surface area contributed by atoms with Crippen LogP contribution in [0.25, 0.3) is 0 Å². The molecule has 1 aliphatic heterocycles. The molecule has 106 valence electrons. The van der Waals surface area contributed by atoms with Gasteiger partial charge in [0, 0.05) is 18.5 Å². The van der Waals surface area contributed by atoms with Crippen LogP contribution in [0.3, 0.4) is 0 Å². The van der Waals surface area contributed by atoms with Crippen LogP contribution in [0.4, 0.5) is 5.69 Å². The number of Topliss-reactive ketones (excluding diaryl/α,β-unsaturated/α-hetero) is 1. The number of rotatable bonds is 4. The molecule has 0 atom stereocenters. The molecule has 0 bridgehead atoms. The number of fused-ring (bicyclic) bond motifs is 1. The molecule has 2 aromatic rings. The van der Waals surface area contributed by atoms with E-state index in [9.17, 15) is 4.79 Å². The molecule has 6 heteroatoms. The van der Waals surface area contributed by atoms with Crippen molar-refractivity contribution in [1.29, 1.82) is 5.26 Å². The van der Waals surface area contributed by atoms with Crippen molar-refractivity contribution >= 4 is 11.5 Å². The van der Waals surface area contributed by atoms with Gasteiger partial charge in [-0.1, -0.05) is 0 Å². The topological polar surface area (TPSA) is 83.6 Å². The van der Waals surface area contributed by atoms with Gasteiger partial charge in [0.25, 0.3) is 0 Å². The lowest BCUT2D eigenvalue weighted by atomic mass is 10.1. The number of carbonyl (C=O) groups is 1. The van der Waals surface area contributed by atoms with E-state index < -0.39 is 0 Å². The van der Waals surface area contributed by atoms with Crippen molar-refractivity contribution in [3.8, 4) is 6.07 Å². The summed E-state index contributed by atoms with van der Waals surface area (Å²) >= 11 is 0. The zero-order valence-electron chi connectivity index (χ0n) is 11.8. The quantitative estimate of drug-likeness (QED) is 0.865. The van der Waals surface area contributed by atoms with Gasteiger partial charge in [-0.25, -0.2) is 0 Å². The fourth-order valence-electron chi connectivity index (χ4n) is 2.52. The Labute approximate surface area is 122 Å². The van der Waals surface area contributed by atoms with E-state index in [1.165, 1.54) is 6.92 Å². The summed E-state index contributed by atoms with van der Waals surface area (Å²) in [6.45, 7) is 2.94. The molecular weight excluding hydrogens is 266 g/mol. The van der Waals surface area contributed by atoms with E-state index in [0.717, 1.165) is 31.0 Å². The predicted octanol–water partition coefficient (Wildman–Crippen LogP) is 1.91. The minimum Gasteiger partial charge on any atom is -0.377 e. The molecule has 1 N–H and O–H groups in total. The number of carbonyl (C=O) groups excluding carboxylic acids is 1. The standard InChI is InChI=1S/C15H15N5O/c1-10(21)11-4-5-12(8-16)13(7-11)17-9-15-19-18-14-3-2-6-20(14)15/h4-5,7,17H,2-3,6,9H2,1H3. The SMILES string of the molecule is CC(=O)c1ccc(C#N)c(NCc2nnc3n2CCC3)c1. The summed E-state index contributed by atoms with van der Waals surface area (Å²) < 4.78 is 2.11. The van der Waals surface area contributed by atoms with Gasteiger partial charge < -0.3 is 9.88 Å². The third-order valence-electron chi connectivity index (χ3n) is 3.67. The molecule has 6 nitrogen and oxygen atoms in total. The van der Waals surface area contributed by atoms with Gasteiger partial charge in [-0.2, -0.15) is 5.26 Å². The van der Waals surface area contributed by atoms with Crippen molar-refractivity contribution in [3.63, 3.8) is 0 Å². The van der Waals surface area contributed by atoms with Crippen LogP contribution in [0.1, 0.15) is 40.9 Å². The maximum Gasteiger partial charge on any atom is 0.159 e. The number of nitriles is 1. The summed E-state index contributed by atoms with van der Waals surface area (Å²) in [5, 5.41) is 20.7. The van der Waals surface area contributed by atoms with E-state index >= 15 is 0 Å². The summed E-state index contributed by atoms with van der Waals surface area (Å²) in [6.07, 6.45) is 2.07. The first-order valence-corrected chi connectivity index (χ1v) is 6.89. The Hall–Kier alpha value is -2.68.